The number of methoxy groups -OCH3 is 1. The molecule has 0 unspecified atom stereocenters. The smallest absolute Gasteiger partial charge is 0.457 e. The lowest BCUT2D eigenvalue weighted by atomic mass is 9.74. The van der Waals surface area contributed by atoms with Crippen molar-refractivity contribution >= 4 is 23.6 Å². The summed E-state index contributed by atoms with van der Waals surface area (Å²) in [4.78, 5) is 41.6. The number of carbonyl (C=O) groups is 3. The summed E-state index contributed by atoms with van der Waals surface area (Å²) >= 11 is 0. The Labute approximate surface area is 265 Å². The van der Waals surface area contributed by atoms with Gasteiger partial charge in [-0.2, -0.15) is 0 Å². The van der Waals surface area contributed by atoms with E-state index in [9.17, 15) is 29.8 Å². The molecule has 3 heterocycles. The second-order valence-electron chi connectivity index (χ2n) is 13.5. The van der Waals surface area contributed by atoms with Gasteiger partial charge in [-0.15, -0.1) is 0 Å². The molecular formula is C31H52N2O12. The standard InChI is InChI=1S/C31H52N2O12/c1-12-19-31(8)26(44-29(38)45-31)15(3)20(32-39)14(2)13-30(7,40-11)25(16(4)22(34)17(5)27(37)42-19)43-28-24(36)21(33(9)10)23(35)18(6)41-28/h14-19,21,23-26,28,35-36,39H,12-13H2,1-11H3/b32-20+/t14-,15+,16+,17-,18-,19-,21+,23-,24-,25-,26-,28+,30+,31-/m1/s1. The summed E-state index contributed by atoms with van der Waals surface area (Å²) in [5.74, 6) is -4.80. The lowest BCUT2D eigenvalue weighted by Gasteiger charge is -2.48. The van der Waals surface area contributed by atoms with Gasteiger partial charge in [-0.05, 0) is 54.6 Å². The molecule has 3 rings (SSSR count). The summed E-state index contributed by atoms with van der Waals surface area (Å²) in [7, 11) is 4.88. The monoisotopic (exact) mass is 644 g/mol. The van der Waals surface area contributed by atoms with Crippen LogP contribution >= 0.6 is 0 Å². The minimum absolute atomic E-state index is 0.141. The van der Waals surface area contributed by atoms with Crippen LogP contribution in [0.2, 0.25) is 0 Å². The number of ether oxygens (including phenoxy) is 6. The number of hydrogen-bond donors (Lipinski definition) is 3. The molecule has 14 atom stereocenters. The van der Waals surface area contributed by atoms with E-state index >= 15 is 0 Å². The molecule has 3 saturated heterocycles. The first-order valence-electron chi connectivity index (χ1n) is 15.6. The van der Waals surface area contributed by atoms with E-state index in [-0.39, 0.29) is 18.6 Å². The van der Waals surface area contributed by atoms with Crippen LogP contribution in [0.5, 0.6) is 0 Å². The van der Waals surface area contributed by atoms with Crippen LogP contribution < -0.4 is 0 Å². The number of ketones is 1. The predicted molar refractivity (Wildman–Crippen MR) is 160 cm³/mol. The number of likely N-dealkylation sites (N-methyl/N-ethyl adjacent to an activating group) is 1. The Kier molecular flexibility index (Phi) is 11.7. The highest BCUT2D eigenvalue weighted by atomic mass is 16.8. The number of Topliss-reactive ketones (excluding diaryl/α,β-unsaturated/α-hetero) is 1. The average molecular weight is 645 g/mol. The molecule has 0 saturated carbocycles. The van der Waals surface area contributed by atoms with Gasteiger partial charge in [0.25, 0.3) is 0 Å². The first-order valence-corrected chi connectivity index (χ1v) is 15.6. The summed E-state index contributed by atoms with van der Waals surface area (Å²) in [6.45, 7) is 13.3. The second kappa shape index (κ2) is 14.2. The Morgan fingerprint density at radius 2 is 1.62 bits per heavy atom. The largest absolute Gasteiger partial charge is 0.509 e. The molecule has 0 bridgehead atoms. The molecule has 3 N–H and O–H groups in total. The van der Waals surface area contributed by atoms with Gasteiger partial charge in [0.2, 0.25) is 0 Å². The van der Waals surface area contributed by atoms with Crippen molar-refractivity contribution < 1.29 is 58.2 Å². The number of aliphatic hydroxyl groups excluding tert-OH is 2. The van der Waals surface area contributed by atoms with Crippen LogP contribution in [0.3, 0.4) is 0 Å². The predicted octanol–water partition coefficient (Wildman–Crippen LogP) is 2.14. The molecule has 3 aliphatic rings. The fourth-order valence-electron chi connectivity index (χ4n) is 7.33. The SMILES string of the molecule is CC[C@H]1OC(=O)[C@H](C)C(=O)[C@H](C)[C@@H](O[C@@H]2O[C@H](C)[C@@H](O)[C@H](N(C)C)[C@H]2O)[C@@](C)(OC)C[C@@H](C)/C(=N\O)[C@H](C)[C@H]2OC(=O)O[C@@]21C. The zero-order chi connectivity index (χ0) is 34.2. The molecule has 0 spiro atoms. The van der Waals surface area contributed by atoms with Crippen molar-refractivity contribution in [3.05, 3.63) is 0 Å². The number of cyclic esters (lactones) is 1. The summed E-state index contributed by atoms with van der Waals surface area (Å²) in [6.07, 6.45) is -7.97. The normalized spacial score (nSPS) is 46.3. The van der Waals surface area contributed by atoms with Crippen LogP contribution in [-0.4, -0.2) is 125 Å². The Morgan fingerprint density at radius 3 is 2.16 bits per heavy atom. The third kappa shape index (κ3) is 7.01. The van der Waals surface area contributed by atoms with Crippen LogP contribution in [0, 0.1) is 23.7 Å². The van der Waals surface area contributed by atoms with E-state index in [0.29, 0.717) is 0 Å². The Balaban J connectivity index is 2.13. The van der Waals surface area contributed by atoms with Crippen LogP contribution in [0.1, 0.15) is 68.2 Å². The molecule has 0 amide bonds. The van der Waals surface area contributed by atoms with Gasteiger partial charge in [0.1, 0.15) is 18.1 Å². The highest BCUT2D eigenvalue weighted by Gasteiger charge is 2.59. The van der Waals surface area contributed by atoms with Crippen molar-refractivity contribution in [3.8, 4) is 0 Å². The molecule has 45 heavy (non-hydrogen) atoms. The van der Waals surface area contributed by atoms with Gasteiger partial charge in [-0.3, -0.25) is 9.59 Å². The Bertz CT molecular complexity index is 1120. The van der Waals surface area contributed by atoms with Crippen molar-refractivity contribution in [1.29, 1.82) is 0 Å². The van der Waals surface area contributed by atoms with Crippen molar-refractivity contribution in [2.24, 2.45) is 28.8 Å². The van der Waals surface area contributed by atoms with E-state index in [4.69, 9.17) is 28.4 Å². The van der Waals surface area contributed by atoms with Crippen molar-refractivity contribution in [2.45, 2.75) is 128 Å². The van der Waals surface area contributed by atoms with Gasteiger partial charge in [0.05, 0.1) is 35.7 Å². The number of fused-ring (bicyclic) bond motifs is 1. The molecule has 0 aromatic rings. The second-order valence-corrected chi connectivity index (χ2v) is 13.5. The number of carbonyl (C=O) groups excluding carboxylic acids is 3. The summed E-state index contributed by atoms with van der Waals surface area (Å²) in [5.41, 5.74) is -2.47. The average Bonchev–Trinajstić information content (AvgIpc) is 3.29. The maximum Gasteiger partial charge on any atom is 0.509 e. The molecule has 0 radical (unpaired) electrons. The topological polar surface area (TPSA) is 183 Å². The number of aliphatic hydroxyl groups is 2. The Hall–Kier alpha value is -2.36. The van der Waals surface area contributed by atoms with Crippen molar-refractivity contribution in [1.82, 2.24) is 4.90 Å². The number of rotatable bonds is 5. The van der Waals surface area contributed by atoms with Gasteiger partial charge in [-0.1, -0.05) is 32.9 Å². The van der Waals surface area contributed by atoms with E-state index < -0.39 is 102 Å². The van der Waals surface area contributed by atoms with Gasteiger partial charge in [0.15, 0.2) is 23.8 Å². The summed E-state index contributed by atoms with van der Waals surface area (Å²) in [5, 5.41) is 35.9. The van der Waals surface area contributed by atoms with E-state index in [2.05, 4.69) is 5.16 Å². The lowest BCUT2D eigenvalue weighted by Crippen LogP contribution is -2.64. The summed E-state index contributed by atoms with van der Waals surface area (Å²) < 4.78 is 35.5. The fraction of sp³-hybridized carbons (Fsp3) is 0.871. The van der Waals surface area contributed by atoms with Gasteiger partial charge >= 0.3 is 12.1 Å². The molecule has 3 aliphatic heterocycles. The minimum Gasteiger partial charge on any atom is -0.457 e. The molecule has 258 valence electrons. The molecule has 0 aromatic carbocycles. The van der Waals surface area contributed by atoms with Gasteiger partial charge < -0.3 is 48.7 Å². The lowest BCUT2D eigenvalue weighted by molar-refractivity contribution is -0.313. The molecule has 0 aliphatic carbocycles. The van der Waals surface area contributed by atoms with Gasteiger partial charge in [0, 0.05) is 24.9 Å². The third-order valence-electron chi connectivity index (χ3n) is 10.0. The summed E-state index contributed by atoms with van der Waals surface area (Å²) in [6, 6.07) is -0.740. The molecule has 0 aromatic heterocycles. The number of esters is 1. The van der Waals surface area contributed by atoms with Crippen molar-refractivity contribution in [3.63, 3.8) is 0 Å². The van der Waals surface area contributed by atoms with Crippen LogP contribution in [0.4, 0.5) is 4.79 Å². The van der Waals surface area contributed by atoms with E-state index in [1.165, 1.54) is 14.0 Å². The van der Waals surface area contributed by atoms with Crippen molar-refractivity contribution in [2.75, 3.05) is 21.2 Å². The first kappa shape index (κ1) is 37.1. The zero-order valence-corrected chi connectivity index (χ0v) is 28.3. The maximum atomic E-state index is 14.0. The molecular weight excluding hydrogens is 592 g/mol. The van der Waals surface area contributed by atoms with E-state index in [1.54, 1.807) is 67.5 Å². The highest BCUT2D eigenvalue weighted by molar-refractivity contribution is 6.00. The van der Waals surface area contributed by atoms with Crippen LogP contribution in [0.15, 0.2) is 5.16 Å². The molecule has 14 nitrogen and oxygen atoms in total. The minimum atomic E-state index is -1.44. The highest BCUT2D eigenvalue weighted by Crippen LogP contribution is 2.42. The van der Waals surface area contributed by atoms with Crippen LogP contribution in [-0.2, 0) is 38.0 Å². The Morgan fingerprint density at radius 1 is 1.00 bits per heavy atom. The maximum absolute atomic E-state index is 14.0. The first-order chi connectivity index (χ1) is 20.9. The number of oxime groups is 1. The molecule has 3 fully saturated rings. The fourth-order valence-corrected chi connectivity index (χ4v) is 7.33. The quantitative estimate of drug-likeness (QED) is 0.171. The van der Waals surface area contributed by atoms with Crippen LogP contribution in [0.25, 0.3) is 0 Å². The number of nitrogens with zero attached hydrogens (tertiary/aromatic N) is 2. The zero-order valence-electron chi connectivity index (χ0n) is 28.3. The van der Waals surface area contributed by atoms with E-state index in [0.717, 1.165) is 0 Å². The number of hydrogen-bond acceptors (Lipinski definition) is 14. The van der Waals surface area contributed by atoms with Gasteiger partial charge in [-0.25, -0.2) is 4.79 Å². The third-order valence-corrected chi connectivity index (χ3v) is 10.0. The molecule has 14 heteroatoms. The van der Waals surface area contributed by atoms with E-state index in [1.807, 2.05) is 0 Å².